The van der Waals surface area contributed by atoms with Gasteiger partial charge in [0.15, 0.2) is 5.92 Å². The number of hydrogen-bond acceptors (Lipinski definition) is 2. The van der Waals surface area contributed by atoms with E-state index in [1.54, 1.807) is 0 Å². The number of aliphatic carboxylic acids is 2. The van der Waals surface area contributed by atoms with E-state index in [0.717, 1.165) is 6.92 Å². The Bertz CT molecular complexity index is 103. The Balaban J connectivity index is 3.83. The number of carbonyl (C=O) groups is 2. The number of hydrogen-bond donors (Lipinski definition) is 2. The molecule has 0 aliphatic carbocycles. The van der Waals surface area contributed by atoms with Crippen molar-refractivity contribution in [1.29, 1.82) is 0 Å². The van der Waals surface area contributed by atoms with Gasteiger partial charge in [-0.25, -0.2) is 0 Å². The number of rotatable bonds is 2. The summed E-state index contributed by atoms with van der Waals surface area (Å²) in [5.41, 5.74) is 0. The fraction of sp³-hybridized carbons (Fsp3) is 0.500. The standard InChI is InChI=1S/C4H6O4/c1-2(3(5)6)4(7)8/h2H,1H3,(H,5,6)(H,7,8)/i3+1. The fourth-order valence-electron chi connectivity index (χ4n) is 0.106. The third-order valence-electron chi connectivity index (χ3n) is 0.741. The topological polar surface area (TPSA) is 74.6 Å². The lowest BCUT2D eigenvalue weighted by atomic mass is 10.3. The molecule has 0 saturated carbocycles. The summed E-state index contributed by atoms with van der Waals surface area (Å²) in [7, 11) is 0. The van der Waals surface area contributed by atoms with E-state index in [1.807, 2.05) is 0 Å². The van der Waals surface area contributed by atoms with Gasteiger partial charge in [-0.3, -0.25) is 9.59 Å². The quantitative estimate of drug-likeness (QED) is 0.389. The summed E-state index contributed by atoms with van der Waals surface area (Å²) in [6.45, 7) is 1.12. The van der Waals surface area contributed by atoms with Crippen LogP contribution in [0.3, 0.4) is 0 Å². The van der Waals surface area contributed by atoms with E-state index >= 15 is 0 Å². The molecule has 0 aromatic heterocycles. The van der Waals surface area contributed by atoms with Crippen molar-refractivity contribution in [3.05, 3.63) is 0 Å². The summed E-state index contributed by atoms with van der Waals surface area (Å²) >= 11 is 0. The highest BCUT2D eigenvalue weighted by atomic mass is 16.5. The molecule has 0 bridgehead atoms. The van der Waals surface area contributed by atoms with Gasteiger partial charge in [0.2, 0.25) is 0 Å². The predicted molar refractivity (Wildman–Crippen MR) is 24.4 cm³/mol. The van der Waals surface area contributed by atoms with Gasteiger partial charge in [-0.05, 0) is 6.92 Å². The van der Waals surface area contributed by atoms with Crippen LogP contribution in [0, 0.1) is 5.92 Å². The monoisotopic (exact) mass is 119 g/mol. The Hall–Kier alpha value is -1.06. The van der Waals surface area contributed by atoms with Crippen molar-refractivity contribution in [3.63, 3.8) is 0 Å². The molecule has 46 valence electrons. The molecule has 0 amide bonds. The van der Waals surface area contributed by atoms with Crippen LogP contribution in [-0.4, -0.2) is 22.2 Å². The highest BCUT2D eigenvalue weighted by molar-refractivity contribution is 5.92. The maximum atomic E-state index is 9.76. The molecule has 0 aliphatic heterocycles. The van der Waals surface area contributed by atoms with Gasteiger partial charge in [0, 0.05) is 0 Å². The molecule has 2 N–H and O–H groups in total. The first kappa shape index (κ1) is 6.94. The average molecular weight is 119 g/mol. The predicted octanol–water partition coefficient (Wildman–Crippen LogP) is -0.208. The maximum absolute atomic E-state index is 9.76. The van der Waals surface area contributed by atoms with Crippen molar-refractivity contribution < 1.29 is 19.8 Å². The van der Waals surface area contributed by atoms with Crippen molar-refractivity contribution in [2.75, 3.05) is 0 Å². The smallest absolute Gasteiger partial charge is 0.317 e. The van der Waals surface area contributed by atoms with E-state index in [0.29, 0.717) is 0 Å². The summed E-state index contributed by atoms with van der Waals surface area (Å²) < 4.78 is 0. The molecule has 0 saturated heterocycles. The Morgan fingerprint density at radius 3 is 1.50 bits per heavy atom. The van der Waals surface area contributed by atoms with E-state index in [2.05, 4.69) is 0 Å². The molecule has 8 heavy (non-hydrogen) atoms. The highest BCUT2D eigenvalue weighted by Crippen LogP contribution is 1.91. The van der Waals surface area contributed by atoms with Gasteiger partial charge in [0.05, 0.1) is 0 Å². The second-order valence-electron chi connectivity index (χ2n) is 1.40. The summed E-state index contributed by atoms with van der Waals surface area (Å²) in [6.07, 6.45) is 0. The van der Waals surface area contributed by atoms with Crippen LogP contribution in [0.15, 0.2) is 0 Å². The van der Waals surface area contributed by atoms with Gasteiger partial charge in [-0.2, -0.15) is 0 Å². The van der Waals surface area contributed by atoms with E-state index in [4.69, 9.17) is 10.2 Å². The zero-order chi connectivity index (χ0) is 6.73. The lowest BCUT2D eigenvalue weighted by Crippen LogP contribution is -2.19. The Morgan fingerprint density at radius 2 is 1.50 bits per heavy atom. The molecule has 0 aromatic rings. The molecule has 0 aromatic carbocycles. The molecule has 0 rings (SSSR count). The minimum atomic E-state index is -1.31. The highest BCUT2D eigenvalue weighted by Gasteiger charge is 2.18. The first-order valence-electron chi connectivity index (χ1n) is 2.01. The van der Waals surface area contributed by atoms with Gasteiger partial charge in [-0.15, -0.1) is 0 Å². The minimum absolute atomic E-state index is 1.12. The van der Waals surface area contributed by atoms with Gasteiger partial charge in [-0.1, -0.05) is 0 Å². The first-order chi connectivity index (χ1) is 3.55. The zero-order valence-corrected chi connectivity index (χ0v) is 4.29. The molecule has 4 heteroatoms. The normalized spacial score (nSPS) is 12.6. The Kier molecular flexibility index (Phi) is 1.99. The molecule has 0 aliphatic rings. The second kappa shape index (κ2) is 2.30. The van der Waals surface area contributed by atoms with Gasteiger partial charge < -0.3 is 10.2 Å². The lowest BCUT2D eigenvalue weighted by molar-refractivity contribution is -0.153. The Morgan fingerprint density at radius 1 is 1.25 bits per heavy atom. The molecular weight excluding hydrogens is 113 g/mol. The van der Waals surface area contributed by atoms with Crippen molar-refractivity contribution >= 4 is 11.9 Å². The molecule has 0 heterocycles. The van der Waals surface area contributed by atoms with Crippen LogP contribution in [0.5, 0.6) is 0 Å². The molecule has 0 radical (unpaired) electrons. The summed E-state index contributed by atoms with van der Waals surface area (Å²) in [5.74, 6) is -3.91. The average Bonchev–Trinajstić information content (AvgIpc) is 1.64. The van der Waals surface area contributed by atoms with Crippen molar-refractivity contribution in [1.82, 2.24) is 0 Å². The molecule has 0 spiro atoms. The SMILES string of the molecule is CC(C(=O)O)[13C](=O)O. The summed E-state index contributed by atoms with van der Waals surface area (Å²) in [5, 5.41) is 15.9. The molecule has 4 nitrogen and oxygen atoms in total. The maximum Gasteiger partial charge on any atom is 0.317 e. The van der Waals surface area contributed by atoms with Gasteiger partial charge in [0.1, 0.15) is 0 Å². The van der Waals surface area contributed by atoms with Crippen LogP contribution in [0.4, 0.5) is 0 Å². The third kappa shape index (κ3) is 1.59. The van der Waals surface area contributed by atoms with Gasteiger partial charge >= 0.3 is 11.9 Å². The van der Waals surface area contributed by atoms with Crippen LogP contribution in [0.25, 0.3) is 0 Å². The van der Waals surface area contributed by atoms with E-state index in [9.17, 15) is 9.59 Å². The van der Waals surface area contributed by atoms with Crippen LogP contribution >= 0.6 is 0 Å². The second-order valence-corrected chi connectivity index (χ2v) is 1.40. The van der Waals surface area contributed by atoms with Crippen molar-refractivity contribution in [3.8, 4) is 0 Å². The van der Waals surface area contributed by atoms with Crippen molar-refractivity contribution in [2.24, 2.45) is 5.92 Å². The van der Waals surface area contributed by atoms with Crippen LogP contribution in [0.1, 0.15) is 6.92 Å². The van der Waals surface area contributed by atoms with E-state index < -0.39 is 17.9 Å². The molecule has 0 fully saturated rings. The lowest BCUT2D eigenvalue weighted by Gasteiger charge is -1.94. The summed E-state index contributed by atoms with van der Waals surface area (Å²) in [6, 6.07) is 0. The van der Waals surface area contributed by atoms with Crippen LogP contribution < -0.4 is 0 Å². The van der Waals surface area contributed by atoms with E-state index in [1.165, 1.54) is 0 Å². The zero-order valence-electron chi connectivity index (χ0n) is 4.29. The molecular formula is C4H6O4. The number of carboxylic acid groups (broad SMARTS) is 2. The largest absolute Gasteiger partial charge is 0.481 e. The van der Waals surface area contributed by atoms with E-state index in [-0.39, 0.29) is 0 Å². The molecule has 1 unspecified atom stereocenters. The summed E-state index contributed by atoms with van der Waals surface area (Å²) in [4.78, 5) is 19.5. The fourth-order valence-corrected chi connectivity index (χ4v) is 0.106. The van der Waals surface area contributed by atoms with Crippen molar-refractivity contribution in [2.45, 2.75) is 6.92 Å². The number of carboxylic acids is 2. The minimum Gasteiger partial charge on any atom is -0.481 e. The van der Waals surface area contributed by atoms with Gasteiger partial charge in [0.25, 0.3) is 0 Å². The van der Waals surface area contributed by atoms with Crippen LogP contribution in [0.2, 0.25) is 0 Å². The first-order valence-corrected chi connectivity index (χ1v) is 2.01. The molecule has 1 atom stereocenters. The third-order valence-corrected chi connectivity index (χ3v) is 0.741. The van der Waals surface area contributed by atoms with Crippen LogP contribution in [-0.2, 0) is 9.59 Å². The Labute approximate surface area is 45.7 Å².